The second-order valence-electron chi connectivity index (χ2n) is 5.41. The molecule has 21 heavy (non-hydrogen) atoms. The van der Waals surface area contributed by atoms with Gasteiger partial charge in [-0.25, -0.2) is 0 Å². The van der Waals surface area contributed by atoms with Gasteiger partial charge in [-0.15, -0.1) is 0 Å². The lowest BCUT2D eigenvalue weighted by molar-refractivity contribution is -0.147. The van der Waals surface area contributed by atoms with Gasteiger partial charge in [-0.2, -0.15) is 0 Å². The number of benzene rings is 1. The number of hydrogen-bond acceptors (Lipinski definition) is 3. The highest BCUT2D eigenvalue weighted by Crippen LogP contribution is 2.37. The lowest BCUT2D eigenvalue weighted by Gasteiger charge is -2.16. The van der Waals surface area contributed by atoms with Gasteiger partial charge < -0.3 is 9.30 Å². The molecule has 1 aromatic heterocycles. The van der Waals surface area contributed by atoms with Crippen LogP contribution in [0.25, 0.3) is 5.69 Å². The Morgan fingerprint density at radius 2 is 1.90 bits per heavy atom. The first-order valence-electron chi connectivity index (χ1n) is 7.38. The Balaban J connectivity index is 1.60. The second kappa shape index (κ2) is 5.74. The third-order valence-corrected chi connectivity index (χ3v) is 3.89. The van der Waals surface area contributed by atoms with Gasteiger partial charge in [0.05, 0.1) is 6.61 Å². The van der Waals surface area contributed by atoms with E-state index in [-0.39, 0.29) is 5.97 Å². The molecular weight excluding hydrogens is 264 g/mol. The summed E-state index contributed by atoms with van der Waals surface area (Å²) in [6.07, 6.45) is 5.78. The van der Waals surface area contributed by atoms with Gasteiger partial charge in [0.15, 0.2) is 0 Å². The lowest BCUT2D eigenvalue weighted by Crippen LogP contribution is -2.40. The molecule has 1 aromatic carbocycles. The zero-order valence-corrected chi connectivity index (χ0v) is 12.2. The molecule has 0 radical (unpaired) electrons. The number of aromatic nitrogens is 1. The molecule has 1 fully saturated rings. The number of carbonyl (C=O) groups excluding carboxylic acids is 1. The van der Waals surface area contributed by atoms with Crippen LogP contribution in [0.3, 0.4) is 0 Å². The SMILES string of the molecule is CCOC(=O)C1(NCc2ccc(-n3cccc3)cc2)CC1. The molecule has 0 unspecified atom stereocenters. The van der Waals surface area contributed by atoms with Crippen LogP contribution in [-0.2, 0) is 16.1 Å². The molecule has 1 aliphatic rings. The Labute approximate surface area is 124 Å². The number of rotatable bonds is 6. The Morgan fingerprint density at radius 3 is 2.48 bits per heavy atom. The molecule has 4 nitrogen and oxygen atoms in total. The van der Waals surface area contributed by atoms with Crippen molar-refractivity contribution in [2.45, 2.75) is 31.8 Å². The highest BCUT2D eigenvalue weighted by atomic mass is 16.5. The van der Waals surface area contributed by atoms with Crippen molar-refractivity contribution in [1.29, 1.82) is 0 Å². The molecule has 1 saturated carbocycles. The molecule has 4 heteroatoms. The zero-order chi connectivity index (χ0) is 14.7. The van der Waals surface area contributed by atoms with E-state index in [0.29, 0.717) is 13.2 Å². The number of hydrogen-bond donors (Lipinski definition) is 1. The summed E-state index contributed by atoms with van der Waals surface area (Å²) in [5, 5.41) is 3.34. The summed E-state index contributed by atoms with van der Waals surface area (Å²) in [4.78, 5) is 11.9. The highest BCUT2D eigenvalue weighted by molar-refractivity contribution is 5.84. The van der Waals surface area contributed by atoms with Crippen molar-refractivity contribution in [2.75, 3.05) is 6.61 Å². The van der Waals surface area contributed by atoms with Crippen LogP contribution in [0.5, 0.6) is 0 Å². The maximum Gasteiger partial charge on any atom is 0.326 e. The number of ether oxygens (including phenoxy) is 1. The first-order valence-corrected chi connectivity index (χ1v) is 7.38. The fourth-order valence-electron chi connectivity index (χ4n) is 2.41. The van der Waals surface area contributed by atoms with Gasteiger partial charge >= 0.3 is 5.97 Å². The van der Waals surface area contributed by atoms with E-state index < -0.39 is 5.54 Å². The van der Waals surface area contributed by atoms with Crippen molar-refractivity contribution in [3.63, 3.8) is 0 Å². The van der Waals surface area contributed by atoms with Crippen molar-refractivity contribution >= 4 is 5.97 Å². The molecular formula is C17H20N2O2. The first kappa shape index (κ1) is 13.9. The fourth-order valence-corrected chi connectivity index (χ4v) is 2.41. The van der Waals surface area contributed by atoms with E-state index in [2.05, 4.69) is 34.1 Å². The maximum absolute atomic E-state index is 11.9. The van der Waals surface area contributed by atoms with Gasteiger partial charge in [0.25, 0.3) is 0 Å². The van der Waals surface area contributed by atoms with Crippen molar-refractivity contribution < 1.29 is 9.53 Å². The highest BCUT2D eigenvalue weighted by Gasteiger charge is 2.50. The summed E-state index contributed by atoms with van der Waals surface area (Å²) < 4.78 is 7.19. The number of esters is 1. The van der Waals surface area contributed by atoms with Crippen LogP contribution >= 0.6 is 0 Å². The molecule has 1 heterocycles. The van der Waals surface area contributed by atoms with Crippen molar-refractivity contribution in [3.8, 4) is 5.69 Å². The van der Waals surface area contributed by atoms with E-state index in [1.165, 1.54) is 5.56 Å². The second-order valence-corrected chi connectivity index (χ2v) is 5.41. The van der Waals surface area contributed by atoms with Crippen LogP contribution in [0.2, 0.25) is 0 Å². The molecule has 0 amide bonds. The van der Waals surface area contributed by atoms with Crippen molar-refractivity contribution in [2.24, 2.45) is 0 Å². The average molecular weight is 284 g/mol. The Kier molecular flexibility index (Phi) is 3.80. The van der Waals surface area contributed by atoms with Crippen LogP contribution in [-0.4, -0.2) is 22.7 Å². The van der Waals surface area contributed by atoms with Crippen LogP contribution in [0.1, 0.15) is 25.3 Å². The molecule has 0 saturated heterocycles. The third kappa shape index (κ3) is 3.00. The van der Waals surface area contributed by atoms with Gasteiger partial charge in [-0.3, -0.25) is 10.1 Å². The zero-order valence-electron chi connectivity index (χ0n) is 12.2. The minimum Gasteiger partial charge on any atom is -0.465 e. The smallest absolute Gasteiger partial charge is 0.326 e. The van der Waals surface area contributed by atoms with E-state index in [9.17, 15) is 4.79 Å². The van der Waals surface area contributed by atoms with Crippen LogP contribution in [0.4, 0.5) is 0 Å². The summed E-state index contributed by atoms with van der Waals surface area (Å²) >= 11 is 0. The summed E-state index contributed by atoms with van der Waals surface area (Å²) in [6.45, 7) is 2.96. The number of carbonyl (C=O) groups is 1. The molecule has 0 bridgehead atoms. The lowest BCUT2D eigenvalue weighted by atomic mass is 10.2. The predicted octanol–water partition coefficient (Wildman–Crippen LogP) is 2.66. The summed E-state index contributed by atoms with van der Waals surface area (Å²) in [5.41, 5.74) is 1.87. The summed E-state index contributed by atoms with van der Waals surface area (Å²) in [6, 6.07) is 12.4. The van der Waals surface area contributed by atoms with E-state index in [1.807, 2.05) is 31.5 Å². The average Bonchev–Trinajstić information content (AvgIpc) is 3.11. The number of nitrogens with one attached hydrogen (secondary N) is 1. The van der Waals surface area contributed by atoms with Crippen LogP contribution in [0.15, 0.2) is 48.8 Å². The van der Waals surface area contributed by atoms with Gasteiger partial charge in [-0.1, -0.05) is 12.1 Å². The molecule has 0 spiro atoms. The largest absolute Gasteiger partial charge is 0.465 e. The maximum atomic E-state index is 11.9. The Hall–Kier alpha value is -2.07. The summed E-state index contributed by atoms with van der Waals surface area (Å²) in [7, 11) is 0. The van der Waals surface area contributed by atoms with Crippen LogP contribution < -0.4 is 5.32 Å². The van der Waals surface area contributed by atoms with Gasteiger partial charge in [0, 0.05) is 24.6 Å². The molecule has 0 aliphatic heterocycles. The van der Waals surface area contributed by atoms with Gasteiger partial charge in [-0.05, 0) is 49.6 Å². The Bertz CT molecular complexity index is 598. The fraction of sp³-hybridized carbons (Fsp3) is 0.353. The van der Waals surface area contributed by atoms with Crippen molar-refractivity contribution in [1.82, 2.24) is 9.88 Å². The topological polar surface area (TPSA) is 43.3 Å². The molecule has 110 valence electrons. The molecule has 2 aromatic rings. The third-order valence-electron chi connectivity index (χ3n) is 3.89. The van der Waals surface area contributed by atoms with Gasteiger partial charge in [0.1, 0.15) is 5.54 Å². The van der Waals surface area contributed by atoms with E-state index >= 15 is 0 Å². The predicted molar refractivity (Wildman–Crippen MR) is 81.2 cm³/mol. The molecule has 0 atom stereocenters. The standard InChI is InChI=1S/C17H20N2O2/c1-2-21-16(20)17(9-10-17)18-13-14-5-7-15(8-6-14)19-11-3-4-12-19/h3-8,11-12,18H,2,9-10,13H2,1H3. The molecule has 1 aliphatic carbocycles. The van der Waals surface area contributed by atoms with Crippen LogP contribution in [0, 0.1) is 0 Å². The minimum atomic E-state index is -0.435. The quantitative estimate of drug-likeness (QED) is 0.829. The van der Waals surface area contributed by atoms with E-state index in [0.717, 1.165) is 18.5 Å². The molecule has 3 rings (SSSR count). The van der Waals surface area contributed by atoms with Gasteiger partial charge in [0.2, 0.25) is 0 Å². The Morgan fingerprint density at radius 1 is 1.24 bits per heavy atom. The van der Waals surface area contributed by atoms with E-state index in [4.69, 9.17) is 4.74 Å². The van der Waals surface area contributed by atoms with Crippen molar-refractivity contribution in [3.05, 3.63) is 54.4 Å². The number of nitrogens with zero attached hydrogens (tertiary/aromatic N) is 1. The molecule has 1 N–H and O–H groups in total. The normalized spacial score (nSPS) is 15.7. The minimum absolute atomic E-state index is 0.117. The summed E-state index contributed by atoms with van der Waals surface area (Å²) in [5.74, 6) is -0.117. The monoisotopic (exact) mass is 284 g/mol. The van der Waals surface area contributed by atoms with E-state index in [1.54, 1.807) is 0 Å². The first-order chi connectivity index (χ1) is 10.2.